The predicted molar refractivity (Wildman–Crippen MR) is 161 cm³/mol. The number of aryl methyl sites for hydroxylation is 2. The van der Waals surface area contributed by atoms with E-state index in [1.165, 1.54) is 0 Å². The van der Waals surface area contributed by atoms with Gasteiger partial charge in [0.05, 0.1) is 18.1 Å². The first-order valence-electron chi connectivity index (χ1n) is 14.7. The van der Waals surface area contributed by atoms with Gasteiger partial charge in [-0.2, -0.15) is 11.8 Å². The molecule has 0 bridgehead atoms. The molecule has 2 aliphatic heterocycles. The minimum absolute atomic E-state index is 0.0114. The quantitative estimate of drug-likeness (QED) is 0.114. The van der Waals surface area contributed by atoms with Gasteiger partial charge in [-0.3, -0.25) is 14.4 Å². The van der Waals surface area contributed by atoms with Crippen LogP contribution in [-0.4, -0.2) is 71.8 Å². The molecular formula is C30H45N5O5S. The van der Waals surface area contributed by atoms with E-state index >= 15 is 0 Å². The van der Waals surface area contributed by atoms with E-state index in [4.69, 9.17) is 0 Å². The summed E-state index contributed by atoms with van der Waals surface area (Å²) in [6.45, 7) is 8.04. The van der Waals surface area contributed by atoms with Gasteiger partial charge in [0.2, 0.25) is 11.8 Å². The van der Waals surface area contributed by atoms with Crippen LogP contribution in [0.3, 0.4) is 0 Å². The van der Waals surface area contributed by atoms with Gasteiger partial charge in [-0.05, 0) is 64.0 Å². The third-order valence-corrected chi connectivity index (χ3v) is 9.06. The lowest BCUT2D eigenvalue weighted by Crippen LogP contribution is -2.52. The highest BCUT2D eigenvalue weighted by molar-refractivity contribution is 8.00. The average molecular weight is 588 g/mol. The third-order valence-electron chi connectivity index (χ3n) is 7.56. The molecule has 0 spiro atoms. The Hall–Kier alpha value is -3.08. The molecule has 0 radical (unpaired) electrons. The molecule has 0 saturated carbocycles. The van der Waals surface area contributed by atoms with Gasteiger partial charge >= 0.3 is 6.03 Å². The van der Waals surface area contributed by atoms with Crippen LogP contribution in [0.25, 0.3) is 0 Å². The largest absolute Gasteiger partial charge is 0.356 e. The minimum atomic E-state index is -0.771. The highest BCUT2D eigenvalue weighted by Crippen LogP contribution is 2.33. The van der Waals surface area contributed by atoms with Crippen molar-refractivity contribution in [3.05, 3.63) is 34.9 Å². The Morgan fingerprint density at radius 1 is 1.02 bits per heavy atom. The van der Waals surface area contributed by atoms with Crippen molar-refractivity contribution in [2.75, 3.05) is 12.3 Å². The molecule has 0 unspecified atom stereocenters. The number of unbranched alkanes of at least 4 members (excludes halogenated alkanes) is 2. The molecule has 11 heteroatoms. The molecule has 5 amide bonds. The number of aldehydes is 1. The van der Waals surface area contributed by atoms with Crippen LogP contribution in [0.1, 0.15) is 80.3 Å². The predicted octanol–water partition coefficient (Wildman–Crippen LogP) is 2.75. The molecule has 1 aromatic rings. The molecule has 2 saturated heterocycles. The molecule has 2 aliphatic rings. The van der Waals surface area contributed by atoms with Crippen molar-refractivity contribution >= 4 is 41.8 Å². The Kier molecular flexibility index (Phi) is 12.5. The Bertz CT molecular complexity index is 1080. The number of carbonyl (C=O) groups is 5. The lowest BCUT2D eigenvalue weighted by Gasteiger charge is -2.24. The Labute approximate surface area is 247 Å². The summed E-state index contributed by atoms with van der Waals surface area (Å²) in [6.07, 6.45) is 5.71. The Balaban J connectivity index is 1.30. The van der Waals surface area contributed by atoms with E-state index in [-0.39, 0.29) is 41.8 Å². The van der Waals surface area contributed by atoms with Crippen LogP contribution in [-0.2, 0) is 14.4 Å². The summed E-state index contributed by atoms with van der Waals surface area (Å²) in [6, 6.07) is 4.44. The fourth-order valence-electron chi connectivity index (χ4n) is 5.39. The fraction of sp³-hybridized carbons (Fsp3) is 0.633. The number of benzene rings is 1. The first kappa shape index (κ1) is 32.4. The van der Waals surface area contributed by atoms with Crippen LogP contribution in [0, 0.1) is 19.8 Å². The van der Waals surface area contributed by atoms with Gasteiger partial charge in [-0.15, -0.1) is 0 Å². The molecule has 41 heavy (non-hydrogen) atoms. The fourth-order valence-corrected chi connectivity index (χ4v) is 6.94. The number of hydrogen-bond donors (Lipinski definition) is 5. The lowest BCUT2D eigenvalue weighted by atomic mass is 10.0. The lowest BCUT2D eigenvalue weighted by molar-refractivity contribution is -0.126. The normalized spacial score (nSPS) is 20.9. The summed E-state index contributed by atoms with van der Waals surface area (Å²) < 4.78 is 0. The molecule has 2 fully saturated rings. The number of rotatable bonds is 16. The van der Waals surface area contributed by atoms with E-state index in [1.54, 1.807) is 12.1 Å². The zero-order chi connectivity index (χ0) is 29.9. The van der Waals surface area contributed by atoms with Crippen LogP contribution >= 0.6 is 11.8 Å². The van der Waals surface area contributed by atoms with E-state index in [1.807, 2.05) is 45.5 Å². The highest BCUT2D eigenvalue weighted by atomic mass is 32.2. The molecule has 10 nitrogen and oxygen atoms in total. The van der Waals surface area contributed by atoms with Crippen LogP contribution in [0.15, 0.2) is 18.2 Å². The van der Waals surface area contributed by atoms with E-state index in [2.05, 4.69) is 26.6 Å². The van der Waals surface area contributed by atoms with Crippen molar-refractivity contribution < 1.29 is 24.0 Å². The van der Waals surface area contributed by atoms with E-state index in [0.29, 0.717) is 43.0 Å². The second-order valence-corrected chi connectivity index (χ2v) is 12.8. The first-order chi connectivity index (χ1) is 19.6. The summed E-state index contributed by atoms with van der Waals surface area (Å²) >= 11 is 1.88. The van der Waals surface area contributed by atoms with Crippen molar-refractivity contribution in [2.45, 2.75) is 102 Å². The number of urea groups is 1. The van der Waals surface area contributed by atoms with Crippen LogP contribution in [0.4, 0.5) is 4.79 Å². The zero-order valence-corrected chi connectivity index (χ0v) is 25.4. The average Bonchev–Trinajstić information content (AvgIpc) is 3.46. The molecule has 3 rings (SSSR count). The van der Waals surface area contributed by atoms with Gasteiger partial charge in [0, 0.05) is 29.5 Å². The molecular weight excluding hydrogens is 542 g/mol. The van der Waals surface area contributed by atoms with E-state index in [9.17, 15) is 24.0 Å². The van der Waals surface area contributed by atoms with Crippen LogP contribution < -0.4 is 26.6 Å². The van der Waals surface area contributed by atoms with Crippen molar-refractivity contribution in [3.8, 4) is 0 Å². The van der Waals surface area contributed by atoms with Crippen molar-refractivity contribution in [1.82, 2.24) is 26.6 Å². The van der Waals surface area contributed by atoms with Crippen molar-refractivity contribution in [2.24, 2.45) is 5.92 Å². The van der Waals surface area contributed by atoms with Gasteiger partial charge in [-0.1, -0.05) is 37.5 Å². The SMILES string of the molecule is Cc1cc(C)cc(C(=O)N[C@H](C(=O)N[C@H](C=O)CCCCNC(=O)CCCC[C@@H]2SC[C@@H]3NC(=O)N[C@@H]32)C(C)C)c1. The number of nitrogens with one attached hydrogen (secondary N) is 5. The van der Waals surface area contributed by atoms with Gasteiger partial charge < -0.3 is 31.4 Å². The monoisotopic (exact) mass is 587 g/mol. The minimum Gasteiger partial charge on any atom is -0.356 e. The summed E-state index contributed by atoms with van der Waals surface area (Å²) in [4.78, 5) is 61.1. The molecule has 5 atom stereocenters. The number of thioether (sulfide) groups is 1. The maximum absolute atomic E-state index is 12.9. The zero-order valence-electron chi connectivity index (χ0n) is 24.6. The highest BCUT2D eigenvalue weighted by Gasteiger charge is 2.42. The smallest absolute Gasteiger partial charge is 0.315 e. The van der Waals surface area contributed by atoms with Crippen molar-refractivity contribution in [3.63, 3.8) is 0 Å². The molecule has 0 aromatic heterocycles. The standard InChI is InChI=1S/C30H45N5O5S/c1-18(2)26(34-28(38)21-14-19(3)13-20(4)15-21)29(39)32-22(16-36)9-7-8-12-31-25(37)11-6-5-10-24-27-23(17-41-24)33-30(40)35-27/h13-16,18,22-24,26-27H,5-12,17H2,1-4H3,(H,31,37)(H,32,39)(H,34,38)(H2,33,35,40)/t22-,23-,24-,26-,27-/m0/s1. The van der Waals surface area contributed by atoms with Crippen LogP contribution in [0.5, 0.6) is 0 Å². The number of amides is 5. The topological polar surface area (TPSA) is 146 Å². The van der Waals surface area contributed by atoms with E-state index < -0.39 is 12.1 Å². The molecule has 2 heterocycles. The number of hydrogen-bond acceptors (Lipinski definition) is 6. The van der Waals surface area contributed by atoms with E-state index in [0.717, 1.165) is 42.4 Å². The number of fused-ring (bicyclic) bond motifs is 1. The molecule has 5 N–H and O–H groups in total. The summed E-state index contributed by atoms with van der Waals surface area (Å²) in [5.41, 5.74) is 2.43. The molecule has 226 valence electrons. The molecule has 1 aromatic carbocycles. The summed E-state index contributed by atoms with van der Waals surface area (Å²) in [5.74, 6) is 0.0707. The second kappa shape index (κ2) is 15.8. The van der Waals surface area contributed by atoms with Gasteiger partial charge in [0.1, 0.15) is 12.3 Å². The summed E-state index contributed by atoms with van der Waals surface area (Å²) in [5, 5.41) is 14.8. The summed E-state index contributed by atoms with van der Waals surface area (Å²) in [7, 11) is 0. The van der Waals surface area contributed by atoms with Crippen molar-refractivity contribution in [1.29, 1.82) is 0 Å². The van der Waals surface area contributed by atoms with Crippen LogP contribution in [0.2, 0.25) is 0 Å². The third kappa shape index (κ3) is 10.1. The maximum atomic E-state index is 12.9. The second-order valence-electron chi connectivity index (χ2n) is 11.5. The van der Waals surface area contributed by atoms with Gasteiger partial charge in [0.25, 0.3) is 5.91 Å². The Morgan fingerprint density at radius 2 is 1.76 bits per heavy atom. The Morgan fingerprint density at radius 3 is 2.44 bits per heavy atom. The van der Waals surface area contributed by atoms with Gasteiger partial charge in [-0.25, -0.2) is 4.79 Å². The molecule has 0 aliphatic carbocycles. The van der Waals surface area contributed by atoms with Gasteiger partial charge in [0.15, 0.2) is 0 Å². The maximum Gasteiger partial charge on any atom is 0.315 e. The number of carbonyl (C=O) groups excluding carboxylic acids is 5. The first-order valence-corrected chi connectivity index (χ1v) is 15.7.